The number of carbonyl (C=O) groups excluding carboxylic acids is 2. The first-order valence-electron chi connectivity index (χ1n) is 15.0. The summed E-state index contributed by atoms with van der Waals surface area (Å²) in [7, 11) is 0. The van der Waals surface area contributed by atoms with Gasteiger partial charge in [-0.3, -0.25) is 9.69 Å². The number of anilines is 1. The van der Waals surface area contributed by atoms with Crippen LogP contribution in [0.25, 0.3) is 0 Å². The zero-order valence-electron chi connectivity index (χ0n) is 24.8. The van der Waals surface area contributed by atoms with Crippen LogP contribution in [0.5, 0.6) is 0 Å². The molecule has 42 heavy (non-hydrogen) atoms. The molecule has 2 fully saturated rings. The Morgan fingerprint density at radius 1 is 1.17 bits per heavy atom. The number of benzene rings is 2. The molecule has 1 unspecified atom stereocenters. The predicted molar refractivity (Wildman–Crippen MR) is 163 cm³/mol. The Hall–Kier alpha value is -3.20. The van der Waals surface area contributed by atoms with Crippen LogP contribution in [0.15, 0.2) is 53.1 Å². The number of hydrogen-bond acceptors (Lipinski definition) is 6. The molecule has 2 aliphatic carbocycles. The predicted octanol–water partition coefficient (Wildman–Crippen LogP) is 6.94. The van der Waals surface area contributed by atoms with Gasteiger partial charge < -0.3 is 9.47 Å². The topological polar surface area (TPSA) is 86.5 Å². The van der Waals surface area contributed by atoms with E-state index in [0.717, 1.165) is 42.3 Å². The first-order valence-corrected chi connectivity index (χ1v) is 15.8. The van der Waals surface area contributed by atoms with Crippen molar-refractivity contribution < 1.29 is 19.1 Å². The fourth-order valence-electron chi connectivity index (χ4n) is 7.57. The van der Waals surface area contributed by atoms with Crippen molar-refractivity contribution in [1.29, 1.82) is 0 Å². The highest BCUT2D eigenvalue weighted by Crippen LogP contribution is 2.57. The van der Waals surface area contributed by atoms with Gasteiger partial charge in [-0.05, 0) is 90.8 Å². The van der Waals surface area contributed by atoms with Gasteiger partial charge in [-0.25, -0.2) is 9.48 Å². The van der Waals surface area contributed by atoms with Gasteiger partial charge in [0.1, 0.15) is 18.4 Å². The quantitative estimate of drug-likeness (QED) is 0.262. The summed E-state index contributed by atoms with van der Waals surface area (Å²) in [6.45, 7) is 9.80. The fourth-order valence-corrected chi connectivity index (χ4v) is 7.83. The zero-order valence-corrected chi connectivity index (χ0v) is 26.4. The molecule has 2 heterocycles. The highest BCUT2D eigenvalue weighted by Gasteiger charge is 2.55. The minimum atomic E-state index is -0.550. The maximum Gasteiger partial charge on any atom is 0.414 e. The number of nitrogens with zero attached hydrogens (tertiary/aromatic N) is 4. The normalized spacial score (nSPS) is 27.0. The number of cyclic esters (lactones) is 1. The van der Waals surface area contributed by atoms with Gasteiger partial charge in [0.25, 0.3) is 0 Å². The van der Waals surface area contributed by atoms with Crippen molar-refractivity contribution in [1.82, 2.24) is 15.0 Å². The lowest BCUT2D eigenvalue weighted by atomic mass is 9.49. The molecule has 8 nitrogen and oxygen atoms in total. The fraction of sp³-hybridized carbons (Fsp3) is 0.515. The van der Waals surface area contributed by atoms with Crippen molar-refractivity contribution in [2.24, 2.45) is 11.3 Å². The molecule has 0 spiro atoms. The van der Waals surface area contributed by atoms with Crippen LogP contribution < -0.4 is 4.90 Å². The molecule has 1 amide bonds. The van der Waals surface area contributed by atoms with Crippen LogP contribution in [0.4, 0.5) is 10.5 Å². The molecule has 0 bridgehead atoms. The lowest BCUT2D eigenvalue weighted by Crippen LogP contribution is -2.52. The summed E-state index contributed by atoms with van der Waals surface area (Å²) in [5.74, 6) is 0.584. The second kappa shape index (κ2) is 11.1. The second-order valence-electron chi connectivity index (χ2n) is 13.0. The summed E-state index contributed by atoms with van der Waals surface area (Å²) in [6, 6.07) is 14.5. The maximum absolute atomic E-state index is 13.7. The number of aryl methyl sites for hydroxylation is 1. The molecule has 9 heteroatoms. The van der Waals surface area contributed by atoms with E-state index in [-0.39, 0.29) is 36.1 Å². The van der Waals surface area contributed by atoms with Gasteiger partial charge in [-0.1, -0.05) is 66.5 Å². The number of rotatable bonds is 7. The van der Waals surface area contributed by atoms with Crippen LogP contribution in [0, 0.1) is 11.3 Å². The Labute approximate surface area is 255 Å². The van der Waals surface area contributed by atoms with Crippen molar-refractivity contribution >= 4 is 33.7 Å². The molecule has 3 aromatic rings. The first kappa shape index (κ1) is 28.9. The largest absolute Gasteiger partial charge is 0.459 e. The zero-order chi connectivity index (χ0) is 29.6. The maximum atomic E-state index is 13.7. The molecule has 1 aromatic heterocycles. The monoisotopic (exact) mass is 634 g/mol. The standard InChI is InChI=1S/C33H39BrN4O4/c1-21(2)22-6-12-28-23(16-22)7-13-29-32(28,3)14-5-15-33(29,4)30(39)41-20-25-17-37(36-35-25)18-27-19-38(31(40)42-27)26-10-8-24(34)9-11-26/h6,8-12,16-17,21,27,29H,5,7,13-15,18-20H2,1-4H3/t27?,29-,32-,33-/m1/s1. The third-order valence-electron chi connectivity index (χ3n) is 9.85. The third kappa shape index (κ3) is 5.25. The molecule has 1 saturated carbocycles. The summed E-state index contributed by atoms with van der Waals surface area (Å²) in [5, 5.41) is 8.43. The minimum absolute atomic E-state index is 0.0406. The van der Waals surface area contributed by atoms with Crippen LogP contribution >= 0.6 is 15.9 Å². The molecule has 1 aliphatic heterocycles. The number of amides is 1. The molecule has 0 N–H and O–H groups in total. The summed E-state index contributed by atoms with van der Waals surface area (Å²) in [5.41, 5.74) is 5.02. The Balaban J connectivity index is 1.09. The van der Waals surface area contributed by atoms with Gasteiger partial charge in [-0.2, -0.15) is 0 Å². The van der Waals surface area contributed by atoms with Gasteiger partial charge >= 0.3 is 12.1 Å². The van der Waals surface area contributed by atoms with Gasteiger partial charge in [0.2, 0.25) is 0 Å². The average Bonchev–Trinajstić information content (AvgIpc) is 3.57. The van der Waals surface area contributed by atoms with Gasteiger partial charge in [0.15, 0.2) is 0 Å². The molecule has 2 aromatic carbocycles. The number of hydrogen-bond donors (Lipinski definition) is 0. The summed E-state index contributed by atoms with van der Waals surface area (Å²) in [4.78, 5) is 27.8. The lowest BCUT2D eigenvalue weighted by molar-refractivity contribution is -0.166. The smallest absolute Gasteiger partial charge is 0.414 e. The lowest BCUT2D eigenvalue weighted by Gasteiger charge is -2.54. The highest BCUT2D eigenvalue weighted by atomic mass is 79.9. The second-order valence-corrected chi connectivity index (χ2v) is 13.9. The molecule has 0 radical (unpaired) electrons. The number of ether oxygens (including phenoxy) is 2. The number of aromatic nitrogens is 3. The van der Waals surface area contributed by atoms with Crippen LogP contribution in [0.2, 0.25) is 0 Å². The Morgan fingerprint density at radius 3 is 2.71 bits per heavy atom. The van der Waals surface area contributed by atoms with E-state index in [0.29, 0.717) is 24.7 Å². The molecular weight excluding hydrogens is 596 g/mol. The van der Waals surface area contributed by atoms with Crippen molar-refractivity contribution in [2.45, 2.75) is 90.4 Å². The third-order valence-corrected chi connectivity index (χ3v) is 10.4. The minimum Gasteiger partial charge on any atom is -0.459 e. The first-order chi connectivity index (χ1) is 20.1. The van der Waals surface area contributed by atoms with Crippen LogP contribution in [-0.2, 0) is 39.3 Å². The van der Waals surface area contributed by atoms with Crippen molar-refractivity contribution in [2.75, 3.05) is 11.4 Å². The van der Waals surface area contributed by atoms with E-state index in [1.807, 2.05) is 24.3 Å². The molecule has 1 saturated heterocycles. The summed E-state index contributed by atoms with van der Waals surface area (Å²) < 4.78 is 14.1. The molecule has 4 atom stereocenters. The van der Waals surface area contributed by atoms with E-state index in [4.69, 9.17) is 9.47 Å². The van der Waals surface area contributed by atoms with E-state index in [9.17, 15) is 9.59 Å². The van der Waals surface area contributed by atoms with Crippen molar-refractivity contribution in [3.63, 3.8) is 0 Å². The van der Waals surface area contributed by atoms with Gasteiger partial charge in [0, 0.05) is 10.2 Å². The summed E-state index contributed by atoms with van der Waals surface area (Å²) >= 11 is 3.42. The number of fused-ring (bicyclic) bond motifs is 3. The average molecular weight is 636 g/mol. The van der Waals surface area contributed by atoms with E-state index >= 15 is 0 Å². The van der Waals surface area contributed by atoms with E-state index < -0.39 is 5.41 Å². The highest BCUT2D eigenvalue weighted by molar-refractivity contribution is 9.10. The molecule has 6 rings (SSSR count). The van der Waals surface area contributed by atoms with Crippen molar-refractivity contribution in [3.05, 3.63) is 75.5 Å². The van der Waals surface area contributed by atoms with E-state index in [1.165, 1.54) is 16.7 Å². The molecule has 222 valence electrons. The van der Waals surface area contributed by atoms with Crippen molar-refractivity contribution in [3.8, 4) is 0 Å². The molecule has 3 aliphatic rings. The number of esters is 1. The van der Waals surface area contributed by atoms with E-state index in [2.05, 4.69) is 72.1 Å². The van der Waals surface area contributed by atoms with Crippen LogP contribution in [0.1, 0.15) is 81.7 Å². The SMILES string of the molecule is CC(C)c1ccc2c(c1)CC[C@H]1[C@](C)(C(=O)OCc3cn(CC4CN(c5ccc(Br)cc5)C(=O)O4)nn3)CCC[C@]21C. The Kier molecular flexibility index (Phi) is 7.66. The number of carbonyl (C=O) groups is 2. The Morgan fingerprint density at radius 2 is 1.95 bits per heavy atom. The van der Waals surface area contributed by atoms with Gasteiger partial charge in [0.05, 0.1) is 24.7 Å². The Bertz CT molecular complexity index is 1490. The van der Waals surface area contributed by atoms with E-state index in [1.54, 1.807) is 15.8 Å². The number of halogens is 1. The molecular formula is C33H39BrN4O4. The van der Waals surface area contributed by atoms with Crippen LogP contribution in [0.3, 0.4) is 0 Å². The summed E-state index contributed by atoms with van der Waals surface area (Å²) in [6.07, 6.45) is 5.94. The van der Waals surface area contributed by atoms with Gasteiger partial charge in [-0.15, -0.1) is 5.10 Å². The van der Waals surface area contributed by atoms with Crippen LogP contribution in [-0.4, -0.2) is 39.7 Å².